The molecule has 1 aromatic carbocycles. The number of rotatable bonds is 3. The number of carbonyl (C=O) groups excluding carboxylic acids is 1. The molecule has 0 radical (unpaired) electrons. The molecule has 0 bridgehead atoms. The van der Waals surface area contributed by atoms with Crippen molar-refractivity contribution in [3.8, 4) is 0 Å². The van der Waals surface area contributed by atoms with Gasteiger partial charge in [-0.1, -0.05) is 23.2 Å². The van der Waals surface area contributed by atoms with Gasteiger partial charge in [-0.05, 0) is 19.1 Å². The Kier molecular flexibility index (Phi) is 3.54. The maximum Gasteiger partial charge on any atom is 0.137 e. The molecule has 0 aliphatic rings. The van der Waals surface area contributed by atoms with Crippen molar-refractivity contribution in [1.29, 1.82) is 0 Å². The minimum atomic E-state index is -1.23. The number of carbonyl (C=O) groups is 1. The molecule has 1 heterocycles. The SMILES string of the molecule is C[C@@H](Nc1ncnc2c(Cl)cc(Cl)cc12)C(=O)[O-]. The molecule has 2 aromatic rings. The van der Waals surface area contributed by atoms with Crippen LogP contribution in [0, 0.1) is 0 Å². The van der Waals surface area contributed by atoms with Crippen LogP contribution in [0.25, 0.3) is 10.9 Å². The predicted molar refractivity (Wildman–Crippen MR) is 67.6 cm³/mol. The second-order valence-corrected chi connectivity index (χ2v) is 4.53. The van der Waals surface area contributed by atoms with Gasteiger partial charge in [-0.15, -0.1) is 0 Å². The summed E-state index contributed by atoms with van der Waals surface area (Å²) < 4.78 is 0. The average Bonchev–Trinajstić information content (AvgIpc) is 2.29. The third kappa shape index (κ3) is 2.47. The Balaban J connectivity index is 2.54. The van der Waals surface area contributed by atoms with Gasteiger partial charge in [0.05, 0.1) is 22.6 Å². The highest BCUT2D eigenvalue weighted by molar-refractivity contribution is 6.38. The molecule has 5 nitrogen and oxygen atoms in total. The second kappa shape index (κ2) is 4.96. The molecule has 1 N–H and O–H groups in total. The fourth-order valence-corrected chi connectivity index (χ4v) is 2.01. The van der Waals surface area contributed by atoms with Gasteiger partial charge in [0.25, 0.3) is 0 Å². The van der Waals surface area contributed by atoms with Gasteiger partial charge in [0, 0.05) is 10.4 Å². The summed E-state index contributed by atoms with van der Waals surface area (Å²) in [6.45, 7) is 1.45. The molecular formula is C11H8Cl2N3O2-. The van der Waals surface area contributed by atoms with E-state index in [0.717, 1.165) is 0 Å². The van der Waals surface area contributed by atoms with E-state index in [4.69, 9.17) is 23.2 Å². The Labute approximate surface area is 113 Å². The van der Waals surface area contributed by atoms with E-state index in [1.165, 1.54) is 13.3 Å². The van der Waals surface area contributed by atoms with Gasteiger partial charge >= 0.3 is 0 Å². The number of aliphatic carboxylic acids is 1. The van der Waals surface area contributed by atoms with Gasteiger partial charge in [-0.25, -0.2) is 9.97 Å². The molecule has 7 heteroatoms. The molecule has 0 aliphatic heterocycles. The molecule has 0 unspecified atom stereocenters. The topological polar surface area (TPSA) is 77.9 Å². The first-order chi connectivity index (χ1) is 8.49. The van der Waals surface area contributed by atoms with Crippen molar-refractivity contribution < 1.29 is 9.90 Å². The van der Waals surface area contributed by atoms with Crippen LogP contribution in [0.4, 0.5) is 5.82 Å². The zero-order valence-corrected chi connectivity index (χ0v) is 10.8. The Hall–Kier alpha value is -1.59. The van der Waals surface area contributed by atoms with Gasteiger partial charge < -0.3 is 15.2 Å². The number of benzene rings is 1. The molecule has 0 saturated heterocycles. The fraction of sp³-hybridized carbons (Fsp3) is 0.182. The second-order valence-electron chi connectivity index (χ2n) is 3.69. The Morgan fingerprint density at radius 1 is 1.39 bits per heavy atom. The summed E-state index contributed by atoms with van der Waals surface area (Å²) in [5, 5.41) is 14.8. The summed E-state index contributed by atoms with van der Waals surface area (Å²) in [5.41, 5.74) is 0.504. The molecular weight excluding hydrogens is 277 g/mol. The summed E-state index contributed by atoms with van der Waals surface area (Å²) in [4.78, 5) is 18.7. The number of anilines is 1. The van der Waals surface area contributed by atoms with E-state index < -0.39 is 12.0 Å². The number of halogens is 2. The van der Waals surface area contributed by atoms with E-state index in [0.29, 0.717) is 26.8 Å². The summed E-state index contributed by atoms with van der Waals surface area (Å²) in [5.74, 6) is -0.879. The minimum absolute atomic E-state index is 0.348. The van der Waals surface area contributed by atoms with Gasteiger partial charge in [0.1, 0.15) is 12.1 Å². The van der Waals surface area contributed by atoms with E-state index in [1.807, 2.05) is 0 Å². The lowest BCUT2D eigenvalue weighted by Crippen LogP contribution is -2.38. The van der Waals surface area contributed by atoms with Gasteiger partial charge in [-0.2, -0.15) is 0 Å². The van der Waals surface area contributed by atoms with Gasteiger partial charge in [0.15, 0.2) is 0 Å². The molecule has 0 aliphatic carbocycles. The van der Waals surface area contributed by atoms with Crippen LogP contribution in [0.15, 0.2) is 18.5 Å². The largest absolute Gasteiger partial charge is 0.548 e. The van der Waals surface area contributed by atoms with E-state index in [2.05, 4.69) is 15.3 Å². The van der Waals surface area contributed by atoms with Crippen molar-refractivity contribution in [2.24, 2.45) is 0 Å². The lowest BCUT2D eigenvalue weighted by molar-refractivity contribution is -0.306. The number of hydrogen-bond acceptors (Lipinski definition) is 5. The number of fused-ring (bicyclic) bond motifs is 1. The molecule has 0 saturated carbocycles. The highest BCUT2D eigenvalue weighted by Crippen LogP contribution is 2.29. The number of carboxylic acid groups (broad SMARTS) is 1. The quantitative estimate of drug-likeness (QED) is 0.924. The highest BCUT2D eigenvalue weighted by atomic mass is 35.5. The first-order valence-electron chi connectivity index (χ1n) is 5.06. The zero-order chi connectivity index (χ0) is 13.3. The minimum Gasteiger partial charge on any atom is -0.548 e. The van der Waals surface area contributed by atoms with Crippen molar-refractivity contribution in [1.82, 2.24) is 9.97 Å². The number of carboxylic acids is 1. The Morgan fingerprint density at radius 3 is 2.78 bits per heavy atom. The molecule has 1 aromatic heterocycles. The monoisotopic (exact) mass is 284 g/mol. The Morgan fingerprint density at radius 2 is 2.11 bits per heavy atom. The van der Waals surface area contributed by atoms with Crippen molar-refractivity contribution in [2.45, 2.75) is 13.0 Å². The number of nitrogens with zero attached hydrogens (tertiary/aromatic N) is 2. The van der Waals surface area contributed by atoms with Crippen LogP contribution in [-0.4, -0.2) is 22.0 Å². The van der Waals surface area contributed by atoms with Crippen LogP contribution >= 0.6 is 23.2 Å². The van der Waals surface area contributed by atoms with Crippen LogP contribution < -0.4 is 10.4 Å². The average molecular weight is 285 g/mol. The van der Waals surface area contributed by atoms with Crippen molar-refractivity contribution >= 4 is 45.9 Å². The maximum absolute atomic E-state index is 10.7. The standard InChI is InChI=1S/C11H9Cl2N3O2/c1-5(11(17)18)16-10-7-2-6(12)3-8(13)9(7)14-4-15-10/h2-5H,1H3,(H,17,18)(H,14,15,16)/p-1/t5-/m1/s1. The normalized spacial score (nSPS) is 12.4. The lowest BCUT2D eigenvalue weighted by atomic mass is 10.2. The number of hydrogen-bond donors (Lipinski definition) is 1. The number of aromatic nitrogens is 2. The summed E-state index contributed by atoms with van der Waals surface area (Å²) >= 11 is 11.9. The van der Waals surface area contributed by atoms with Crippen LogP contribution in [0.5, 0.6) is 0 Å². The number of nitrogens with one attached hydrogen (secondary N) is 1. The molecule has 0 amide bonds. The molecule has 18 heavy (non-hydrogen) atoms. The van der Waals surface area contributed by atoms with Gasteiger partial charge in [-0.3, -0.25) is 0 Å². The van der Waals surface area contributed by atoms with Crippen LogP contribution in [0.2, 0.25) is 10.0 Å². The summed E-state index contributed by atoms with van der Waals surface area (Å²) in [7, 11) is 0. The molecule has 0 spiro atoms. The predicted octanol–water partition coefficient (Wildman–Crippen LogP) is 1.49. The van der Waals surface area contributed by atoms with E-state index >= 15 is 0 Å². The van der Waals surface area contributed by atoms with E-state index in [9.17, 15) is 9.90 Å². The van der Waals surface area contributed by atoms with Crippen molar-refractivity contribution in [2.75, 3.05) is 5.32 Å². The third-order valence-electron chi connectivity index (χ3n) is 2.36. The smallest absolute Gasteiger partial charge is 0.137 e. The van der Waals surface area contributed by atoms with Crippen LogP contribution in [-0.2, 0) is 4.79 Å². The highest BCUT2D eigenvalue weighted by Gasteiger charge is 2.11. The molecule has 94 valence electrons. The Bertz CT molecular complexity index is 619. The van der Waals surface area contributed by atoms with E-state index in [-0.39, 0.29) is 0 Å². The summed E-state index contributed by atoms with van der Waals surface area (Å²) in [6, 6.07) is 2.29. The van der Waals surface area contributed by atoms with Crippen molar-refractivity contribution in [3.05, 3.63) is 28.5 Å². The lowest BCUT2D eigenvalue weighted by Gasteiger charge is -2.16. The molecule has 2 rings (SSSR count). The van der Waals surface area contributed by atoms with E-state index in [1.54, 1.807) is 12.1 Å². The van der Waals surface area contributed by atoms with Gasteiger partial charge in [0.2, 0.25) is 0 Å². The first kappa shape index (κ1) is 12.9. The van der Waals surface area contributed by atoms with Crippen molar-refractivity contribution in [3.63, 3.8) is 0 Å². The third-order valence-corrected chi connectivity index (χ3v) is 2.87. The first-order valence-corrected chi connectivity index (χ1v) is 5.82. The molecule has 0 fully saturated rings. The maximum atomic E-state index is 10.7. The molecule has 1 atom stereocenters. The van der Waals surface area contributed by atoms with Crippen LogP contribution in [0.1, 0.15) is 6.92 Å². The fourth-order valence-electron chi connectivity index (χ4n) is 1.47. The summed E-state index contributed by atoms with van der Waals surface area (Å²) in [6.07, 6.45) is 1.30. The van der Waals surface area contributed by atoms with Crippen LogP contribution in [0.3, 0.4) is 0 Å². The zero-order valence-electron chi connectivity index (χ0n) is 9.28.